The molecule has 1 fully saturated rings. The van der Waals surface area contributed by atoms with Gasteiger partial charge in [0.25, 0.3) is 15.9 Å². The Labute approximate surface area is 286 Å². The summed E-state index contributed by atoms with van der Waals surface area (Å²) in [6.45, 7) is 16.7. The number of fused-ring (bicyclic) bond motifs is 4. The molecule has 1 aliphatic heterocycles. The summed E-state index contributed by atoms with van der Waals surface area (Å²) in [6.07, 6.45) is 4.43. The predicted octanol–water partition coefficient (Wildman–Crippen LogP) is 6.30. The van der Waals surface area contributed by atoms with Crippen LogP contribution in [0.4, 0.5) is 5.95 Å². The molecule has 2 aliphatic rings. The van der Waals surface area contributed by atoms with Crippen molar-refractivity contribution in [3.05, 3.63) is 65.2 Å². The van der Waals surface area contributed by atoms with Crippen LogP contribution >= 0.6 is 0 Å². The Morgan fingerprint density at radius 2 is 1.75 bits per heavy atom. The second kappa shape index (κ2) is 14.9. The number of benzene rings is 2. The van der Waals surface area contributed by atoms with Crippen molar-refractivity contribution in [2.24, 2.45) is 11.8 Å². The number of nitrogens with one attached hydrogen (secondary N) is 3. The molecule has 1 aliphatic carbocycles. The molecule has 3 atom stereocenters. The summed E-state index contributed by atoms with van der Waals surface area (Å²) in [7, 11) is -4.13. The van der Waals surface area contributed by atoms with E-state index >= 15 is 0 Å². The summed E-state index contributed by atoms with van der Waals surface area (Å²) >= 11 is 0. The van der Waals surface area contributed by atoms with E-state index in [1.54, 1.807) is 18.2 Å². The summed E-state index contributed by atoms with van der Waals surface area (Å²) < 4.78 is 36.5. The van der Waals surface area contributed by atoms with Gasteiger partial charge in [0.15, 0.2) is 0 Å². The van der Waals surface area contributed by atoms with Gasteiger partial charge in [-0.2, -0.15) is 4.98 Å². The molecule has 11 heteroatoms. The summed E-state index contributed by atoms with van der Waals surface area (Å²) in [5, 5.41) is 6.85. The van der Waals surface area contributed by atoms with Crippen LogP contribution in [0.1, 0.15) is 88.2 Å². The van der Waals surface area contributed by atoms with Crippen molar-refractivity contribution in [2.45, 2.75) is 103 Å². The Morgan fingerprint density at radius 1 is 1.04 bits per heavy atom. The lowest BCUT2D eigenvalue weighted by Gasteiger charge is -2.40. The number of sulfonamides is 1. The van der Waals surface area contributed by atoms with Crippen LogP contribution < -0.4 is 20.1 Å². The number of unbranched alkanes of at least 4 members (excludes halogenated alkanes) is 1. The predicted molar refractivity (Wildman–Crippen MR) is 191 cm³/mol. The number of amides is 1. The molecule has 0 saturated heterocycles. The number of carbonyl (C=O) groups is 1. The van der Waals surface area contributed by atoms with Crippen LogP contribution in [-0.4, -0.2) is 66.6 Å². The van der Waals surface area contributed by atoms with Gasteiger partial charge in [0, 0.05) is 35.4 Å². The van der Waals surface area contributed by atoms with Crippen molar-refractivity contribution in [2.75, 3.05) is 24.5 Å². The second-order valence-electron chi connectivity index (χ2n) is 14.3. The zero-order chi connectivity index (χ0) is 34.6. The fraction of sp³-hybridized carbons (Fsp3) is 0.541. The van der Waals surface area contributed by atoms with Crippen LogP contribution in [0.15, 0.2) is 53.4 Å². The Bertz CT molecular complexity index is 1690. The van der Waals surface area contributed by atoms with Gasteiger partial charge in [-0.25, -0.2) is 18.1 Å². The minimum absolute atomic E-state index is 0.0181. The van der Waals surface area contributed by atoms with Crippen molar-refractivity contribution < 1.29 is 17.9 Å². The van der Waals surface area contributed by atoms with E-state index in [0.717, 1.165) is 62.0 Å². The maximum Gasteiger partial charge on any atom is 0.264 e. The first-order valence-electron chi connectivity index (χ1n) is 17.3. The van der Waals surface area contributed by atoms with Gasteiger partial charge in [0.1, 0.15) is 6.61 Å². The third-order valence-corrected chi connectivity index (χ3v) is 10.9. The average Bonchev–Trinajstić information content (AvgIpc) is 3.67. The summed E-state index contributed by atoms with van der Waals surface area (Å²) in [5.74, 6) is 0.595. The number of aryl methyl sites for hydroxylation is 2. The smallest absolute Gasteiger partial charge is 0.264 e. The monoisotopic (exact) mass is 676 g/mol. The Hall–Kier alpha value is -3.54. The first-order valence-corrected chi connectivity index (χ1v) is 18.8. The highest BCUT2D eigenvalue weighted by Gasteiger charge is 2.58. The molecule has 260 valence electrons. The van der Waals surface area contributed by atoms with E-state index in [1.165, 1.54) is 12.1 Å². The van der Waals surface area contributed by atoms with E-state index < -0.39 is 10.0 Å². The van der Waals surface area contributed by atoms with Gasteiger partial charge in [0.2, 0.25) is 11.8 Å². The third kappa shape index (κ3) is 8.18. The molecular formula is C37H52N6O4S. The number of rotatable bonds is 12. The maximum atomic E-state index is 14.7. The molecule has 3 N–H and O–H groups in total. The zero-order valence-electron chi connectivity index (χ0n) is 29.5. The lowest BCUT2D eigenvalue weighted by atomic mass is 9.95. The molecule has 1 amide bonds. The SMILES string of the molecule is Cc1cccc(C)c1-c1cc2nc(n1)NS(=O)(=O)c1cccc(c1)C(=O)N([C@]1(CCCCNCNC(C)C)CC1C)[C@H](CC(C)C)CO2. The molecule has 3 aromatic rings. The highest BCUT2D eigenvalue weighted by atomic mass is 32.2. The van der Waals surface area contributed by atoms with E-state index in [4.69, 9.17) is 4.74 Å². The summed E-state index contributed by atoms with van der Waals surface area (Å²) in [6, 6.07) is 14.2. The molecule has 10 nitrogen and oxygen atoms in total. The highest BCUT2D eigenvalue weighted by molar-refractivity contribution is 7.92. The Kier molecular flexibility index (Phi) is 11.1. The molecule has 1 aromatic heterocycles. The van der Waals surface area contributed by atoms with Crippen LogP contribution in [-0.2, 0) is 10.0 Å². The number of hydrogen-bond acceptors (Lipinski definition) is 8. The van der Waals surface area contributed by atoms with Gasteiger partial charge in [-0.3, -0.25) is 4.79 Å². The second-order valence-corrected chi connectivity index (χ2v) is 16.0. The number of hydrogen-bond donors (Lipinski definition) is 3. The number of anilines is 1. The van der Waals surface area contributed by atoms with Crippen LogP contribution in [0.2, 0.25) is 0 Å². The van der Waals surface area contributed by atoms with Crippen LogP contribution in [0.5, 0.6) is 5.88 Å². The molecule has 2 aromatic carbocycles. The Balaban J connectivity index is 1.55. The molecule has 48 heavy (non-hydrogen) atoms. The van der Waals surface area contributed by atoms with Crippen molar-refractivity contribution in [1.82, 2.24) is 25.5 Å². The molecule has 5 rings (SSSR count). The normalized spacial score (nSPS) is 22.0. The maximum absolute atomic E-state index is 14.7. The molecule has 0 radical (unpaired) electrons. The number of carbonyl (C=O) groups excluding carboxylic acids is 1. The minimum Gasteiger partial charge on any atom is -0.475 e. The summed E-state index contributed by atoms with van der Waals surface area (Å²) in [5.41, 5.74) is 3.47. The Morgan fingerprint density at radius 3 is 2.42 bits per heavy atom. The highest BCUT2D eigenvalue weighted by Crippen LogP contribution is 2.53. The van der Waals surface area contributed by atoms with Gasteiger partial charge in [0.05, 0.1) is 16.6 Å². The van der Waals surface area contributed by atoms with E-state index in [9.17, 15) is 13.2 Å². The largest absolute Gasteiger partial charge is 0.475 e. The molecule has 1 saturated carbocycles. The lowest BCUT2D eigenvalue weighted by molar-refractivity contribution is 0.0336. The lowest BCUT2D eigenvalue weighted by Crippen LogP contribution is -2.52. The van der Waals surface area contributed by atoms with E-state index in [2.05, 4.69) is 64.8 Å². The van der Waals surface area contributed by atoms with Crippen molar-refractivity contribution in [3.63, 3.8) is 0 Å². The van der Waals surface area contributed by atoms with Gasteiger partial charge in [-0.15, -0.1) is 0 Å². The number of ether oxygens (including phenoxy) is 1. The van der Waals surface area contributed by atoms with Gasteiger partial charge < -0.3 is 20.3 Å². The average molecular weight is 677 g/mol. The van der Waals surface area contributed by atoms with E-state index in [1.807, 2.05) is 32.0 Å². The topological polar surface area (TPSA) is 126 Å². The van der Waals surface area contributed by atoms with Gasteiger partial charge in [-0.1, -0.05) is 45.0 Å². The zero-order valence-corrected chi connectivity index (χ0v) is 30.3. The molecule has 2 heterocycles. The van der Waals surface area contributed by atoms with Crippen molar-refractivity contribution >= 4 is 21.9 Å². The molecule has 0 spiro atoms. The summed E-state index contributed by atoms with van der Waals surface area (Å²) in [4.78, 5) is 25.9. The van der Waals surface area contributed by atoms with Crippen LogP contribution in [0.3, 0.4) is 0 Å². The molecule has 1 unspecified atom stereocenters. The third-order valence-electron chi connectivity index (χ3n) is 9.55. The van der Waals surface area contributed by atoms with Crippen LogP contribution in [0, 0.1) is 25.7 Å². The number of nitrogens with zero attached hydrogens (tertiary/aromatic N) is 3. The van der Waals surface area contributed by atoms with E-state index in [-0.39, 0.29) is 46.7 Å². The fourth-order valence-electron chi connectivity index (χ4n) is 7.03. The number of aromatic nitrogens is 2. The standard InChI is InChI=1S/C37H52N6O4S/c1-24(2)18-30-22-47-33-20-32(34-26(5)12-10-13-27(34)6)40-36(41-33)42-48(45,46)31-15-11-14-29(19-31)35(44)43(30)37(21-28(37)7)16-8-9-17-38-23-39-25(3)4/h10-15,19-20,24-25,28,30,38-39H,8-9,16-18,21-23H2,1-7H3,(H,40,41,42)/t28?,30-,37-/m1/s1. The van der Waals surface area contributed by atoms with Crippen LogP contribution in [0.25, 0.3) is 11.3 Å². The van der Waals surface area contributed by atoms with Crippen molar-refractivity contribution in [1.29, 1.82) is 0 Å². The molecular weight excluding hydrogens is 625 g/mol. The quantitative estimate of drug-likeness (QED) is 0.151. The first-order chi connectivity index (χ1) is 22.8. The van der Waals surface area contributed by atoms with Crippen molar-refractivity contribution in [3.8, 4) is 17.1 Å². The fourth-order valence-corrected chi connectivity index (χ4v) is 8.02. The first kappa shape index (κ1) is 35.8. The minimum atomic E-state index is -4.13. The van der Waals surface area contributed by atoms with Gasteiger partial charge >= 0.3 is 0 Å². The van der Waals surface area contributed by atoms with Gasteiger partial charge in [-0.05, 0) is 108 Å². The molecule has 4 bridgehead atoms. The van der Waals surface area contributed by atoms with E-state index in [0.29, 0.717) is 23.2 Å².